The van der Waals surface area contributed by atoms with Gasteiger partial charge in [0.05, 0.1) is 11.2 Å². The first-order chi connectivity index (χ1) is 7.42. The van der Waals surface area contributed by atoms with Gasteiger partial charge in [-0.3, -0.25) is 4.79 Å². The highest BCUT2D eigenvalue weighted by Gasteiger charge is 2.15. The zero-order chi connectivity index (χ0) is 12.2. The lowest BCUT2D eigenvalue weighted by atomic mass is 10.1. The van der Waals surface area contributed by atoms with E-state index in [-0.39, 0.29) is 36.3 Å². The van der Waals surface area contributed by atoms with E-state index < -0.39 is 0 Å². The maximum Gasteiger partial charge on any atom is 0.263 e. The molecule has 7 heteroatoms. The van der Waals surface area contributed by atoms with Gasteiger partial charge in [0.2, 0.25) is 0 Å². The molecule has 106 valence electrons. The fraction of sp³-hybridized carbons (Fsp3) is 0.636. The number of rotatable bonds is 5. The Labute approximate surface area is 125 Å². The third kappa shape index (κ3) is 7.16. The minimum atomic E-state index is -0.382. The monoisotopic (exact) mass is 313 g/mol. The quantitative estimate of drug-likeness (QED) is 0.877. The Bertz CT molecular complexity index is 363. The number of carbonyl (C=O) groups excluding carboxylic acids is 1. The molecule has 0 aliphatic heterocycles. The summed E-state index contributed by atoms with van der Waals surface area (Å²) in [4.78, 5) is 16.6. The summed E-state index contributed by atoms with van der Waals surface area (Å²) in [5.41, 5.74) is 5.41. The number of nitrogens with zero attached hydrogens (tertiary/aromatic N) is 1. The zero-order valence-electron chi connectivity index (χ0n) is 10.9. The number of aryl methyl sites for hydroxylation is 1. The van der Waals surface area contributed by atoms with Gasteiger partial charge in [0, 0.05) is 12.1 Å². The van der Waals surface area contributed by atoms with Crippen LogP contribution in [0.4, 0.5) is 0 Å². The van der Waals surface area contributed by atoms with Gasteiger partial charge >= 0.3 is 0 Å². The van der Waals surface area contributed by atoms with Gasteiger partial charge in [0.1, 0.15) is 4.88 Å². The molecule has 0 fully saturated rings. The SMILES string of the molecule is CCCc1ncc(C(=O)NCC(C)(C)N)s1.Cl.Cl. The van der Waals surface area contributed by atoms with E-state index in [1.807, 2.05) is 13.8 Å². The predicted octanol–water partition coefficient (Wildman–Crippen LogP) is 2.41. The van der Waals surface area contributed by atoms with Crippen molar-refractivity contribution in [1.29, 1.82) is 0 Å². The smallest absolute Gasteiger partial charge is 0.263 e. The van der Waals surface area contributed by atoms with Crippen LogP contribution in [-0.4, -0.2) is 23.0 Å². The first kappa shape index (κ1) is 20.0. The molecule has 1 heterocycles. The molecule has 0 atom stereocenters. The molecule has 0 unspecified atom stereocenters. The lowest BCUT2D eigenvalue weighted by Crippen LogP contribution is -2.44. The van der Waals surface area contributed by atoms with Crippen LogP contribution >= 0.6 is 36.2 Å². The molecule has 0 spiro atoms. The summed E-state index contributed by atoms with van der Waals surface area (Å²) >= 11 is 1.45. The Morgan fingerprint density at radius 1 is 1.50 bits per heavy atom. The van der Waals surface area contributed by atoms with Crippen LogP contribution in [0, 0.1) is 0 Å². The highest BCUT2D eigenvalue weighted by Crippen LogP contribution is 2.14. The van der Waals surface area contributed by atoms with Crippen LogP contribution in [0.5, 0.6) is 0 Å². The van der Waals surface area contributed by atoms with Crippen molar-refractivity contribution in [3.8, 4) is 0 Å². The van der Waals surface area contributed by atoms with Crippen molar-refractivity contribution in [2.24, 2.45) is 5.73 Å². The molecule has 0 radical (unpaired) electrons. The minimum Gasteiger partial charge on any atom is -0.349 e. The molecule has 1 amide bonds. The maximum atomic E-state index is 11.7. The number of hydrogen-bond acceptors (Lipinski definition) is 4. The zero-order valence-corrected chi connectivity index (χ0v) is 13.3. The number of hydrogen-bond donors (Lipinski definition) is 2. The van der Waals surface area contributed by atoms with E-state index in [4.69, 9.17) is 5.73 Å². The van der Waals surface area contributed by atoms with E-state index in [9.17, 15) is 4.79 Å². The standard InChI is InChI=1S/C11H19N3OS.2ClH/c1-4-5-9-13-6-8(16-9)10(15)14-7-11(2,3)12;;/h6H,4-5,7,12H2,1-3H3,(H,14,15);2*1H. The predicted molar refractivity (Wildman–Crippen MR) is 81.2 cm³/mol. The normalized spacial score (nSPS) is 10.2. The third-order valence-electron chi connectivity index (χ3n) is 1.95. The minimum absolute atomic E-state index is 0. The van der Waals surface area contributed by atoms with Crippen LogP contribution in [0.1, 0.15) is 41.9 Å². The van der Waals surface area contributed by atoms with Crippen LogP contribution in [0.3, 0.4) is 0 Å². The first-order valence-corrected chi connectivity index (χ1v) is 6.26. The van der Waals surface area contributed by atoms with E-state index in [0.717, 1.165) is 17.8 Å². The fourth-order valence-electron chi connectivity index (χ4n) is 1.14. The van der Waals surface area contributed by atoms with Crippen molar-refractivity contribution in [2.45, 2.75) is 39.2 Å². The van der Waals surface area contributed by atoms with E-state index >= 15 is 0 Å². The van der Waals surface area contributed by atoms with Gasteiger partial charge in [0.25, 0.3) is 5.91 Å². The summed E-state index contributed by atoms with van der Waals surface area (Å²) in [5, 5.41) is 3.81. The summed E-state index contributed by atoms with van der Waals surface area (Å²) in [5.74, 6) is -0.0848. The average molecular weight is 314 g/mol. The lowest BCUT2D eigenvalue weighted by molar-refractivity contribution is 0.0950. The van der Waals surface area contributed by atoms with Crippen LogP contribution in [-0.2, 0) is 6.42 Å². The van der Waals surface area contributed by atoms with Crippen molar-refractivity contribution < 1.29 is 4.79 Å². The molecule has 1 aromatic heterocycles. The van der Waals surface area contributed by atoms with Gasteiger partial charge in [-0.25, -0.2) is 4.98 Å². The summed E-state index contributed by atoms with van der Waals surface area (Å²) in [6.07, 6.45) is 3.61. The highest BCUT2D eigenvalue weighted by atomic mass is 35.5. The molecule has 0 aliphatic carbocycles. The van der Waals surface area contributed by atoms with Crippen molar-refractivity contribution in [2.75, 3.05) is 6.54 Å². The molecule has 0 aliphatic rings. The van der Waals surface area contributed by atoms with Gasteiger partial charge in [-0.05, 0) is 26.7 Å². The number of nitrogens with two attached hydrogens (primary N) is 1. The molecule has 1 aromatic rings. The van der Waals surface area contributed by atoms with Gasteiger partial charge in [0.15, 0.2) is 0 Å². The van der Waals surface area contributed by atoms with Gasteiger partial charge in [-0.2, -0.15) is 0 Å². The number of carbonyl (C=O) groups is 1. The summed E-state index contributed by atoms with van der Waals surface area (Å²) < 4.78 is 0. The van der Waals surface area contributed by atoms with Gasteiger partial charge < -0.3 is 11.1 Å². The number of thiazole rings is 1. The number of halogens is 2. The number of nitrogens with one attached hydrogen (secondary N) is 1. The first-order valence-electron chi connectivity index (χ1n) is 5.44. The lowest BCUT2D eigenvalue weighted by Gasteiger charge is -2.18. The Balaban J connectivity index is 0. The van der Waals surface area contributed by atoms with E-state index in [2.05, 4.69) is 17.2 Å². The molecule has 1 rings (SSSR count). The molecule has 0 bridgehead atoms. The fourth-order valence-corrected chi connectivity index (χ4v) is 2.08. The molecular weight excluding hydrogens is 293 g/mol. The van der Waals surface area contributed by atoms with Crippen molar-refractivity contribution in [3.05, 3.63) is 16.1 Å². The molecule has 3 N–H and O–H groups in total. The van der Waals surface area contributed by atoms with Crippen LogP contribution in [0.2, 0.25) is 0 Å². The average Bonchev–Trinajstić information content (AvgIpc) is 2.62. The van der Waals surface area contributed by atoms with Gasteiger partial charge in [-0.1, -0.05) is 6.92 Å². The van der Waals surface area contributed by atoms with Crippen molar-refractivity contribution >= 4 is 42.1 Å². The van der Waals surface area contributed by atoms with Crippen LogP contribution in [0.25, 0.3) is 0 Å². The highest BCUT2D eigenvalue weighted by molar-refractivity contribution is 7.13. The van der Waals surface area contributed by atoms with E-state index in [1.165, 1.54) is 11.3 Å². The molecule has 18 heavy (non-hydrogen) atoms. The summed E-state index contributed by atoms with van der Waals surface area (Å²) in [7, 11) is 0. The Hall–Kier alpha value is -0.360. The maximum absolute atomic E-state index is 11.7. The van der Waals surface area contributed by atoms with Crippen molar-refractivity contribution in [3.63, 3.8) is 0 Å². The Morgan fingerprint density at radius 3 is 2.61 bits per heavy atom. The van der Waals surface area contributed by atoms with Crippen LogP contribution < -0.4 is 11.1 Å². The third-order valence-corrected chi connectivity index (χ3v) is 3.00. The second-order valence-corrected chi connectivity index (χ2v) is 5.65. The summed E-state index contributed by atoms with van der Waals surface area (Å²) in [6, 6.07) is 0. The Kier molecular flexibility index (Phi) is 9.64. The van der Waals surface area contributed by atoms with E-state index in [0.29, 0.717) is 11.4 Å². The van der Waals surface area contributed by atoms with E-state index in [1.54, 1.807) is 6.20 Å². The number of amides is 1. The van der Waals surface area contributed by atoms with Crippen molar-refractivity contribution in [1.82, 2.24) is 10.3 Å². The molecular formula is C11H21Cl2N3OS. The molecule has 0 aromatic carbocycles. The topological polar surface area (TPSA) is 68.0 Å². The molecule has 0 saturated heterocycles. The molecule has 4 nitrogen and oxygen atoms in total. The summed E-state index contributed by atoms with van der Waals surface area (Å²) in [6.45, 7) is 6.32. The second-order valence-electron chi connectivity index (χ2n) is 4.54. The Morgan fingerprint density at radius 2 is 2.11 bits per heavy atom. The van der Waals surface area contributed by atoms with Crippen LogP contribution in [0.15, 0.2) is 6.20 Å². The second kappa shape index (κ2) is 8.69. The number of aromatic nitrogens is 1. The molecule has 0 saturated carbocycles. The van der Waals surface area contributed by atoms with Gasteiger partial charge in [-0.15, -0.1) is 36.2 Å². The largest absolute Gasteiger partial charge is 0.349 e.